The van der Waals surface area contributed by atoms with Gasteiger partial charge in [-0.15, -0.1) is 11.6 Å². The predicted octanol–water partition coefficient (Wildman–Crippen LogP) is 4.97. The van der Waals surface area contributed by atoms with Gasteiger partial charge in [0.25, 0.3) is 0 Å². The maximum atomic E-state index is 14.2. The highest BCUT2D eigenvalue weighted by Gasteiger charge is 2.38. The SMILES string of the molecule is CC(C)C[C@H](CC(=O)[C@H](CCc1ccccc1)NC(=O)CN1CCOCC1)C(=O)N[C@@H](Cc1ccccc1)C(=O)C[C@@H](CC(C)C)C(=O)C(C)(O)CCl. The second-order valence-corrected chi connectivity index (χ2v) is 15.8. The summed E-state index contributed by atoms with van der Waals surface area (Å²) in [5.41, 5.74) is 0.0658. The van der Waals surface area contributed by atoms with Gasteiger partial charge in [0.05, 0.1) is 37.7 Å². The molecule has 3 rings (SSSR count). The second-order valence-electron chi connectivity index (χ2n) is 15.5. The number of amides is 2. The third kappa shape index (κ3) is 15.4. The summed E-state index contributed by atoms with van der Waals surface area (Å²) in [6, 6.07) is 17.3. The van der Waals surface area contributed by atoms with Crippen LogP contribution in [0, 0.1) is 23.7 Å². The molecule has 2 aromatic carbocycles. The van der Waals surface area contributed by atoms with Crippen molar-refractivity contribution in [3.05, 3.63) is 71.8 Å². The molecule has 0 spiro atoms. The normalized spacial score (nSPS) is 17.0. The molecule has 10 nitrogen and oxygen atoms in total. The van der Waals surface area contributed by atoms with Crippen LogP contribution in [0.15, 0.2) is 60.7 Å². The van der Waals surface area contributed by atoms with Crippen molar-refractivity contribution in [3.63, 3.8) is 0 Å². The third-order valence-corrected chi connectivity index (χ3v) is 10.2. The number of nitrogens with zero attached hydrogens (tertiary/aromatic N) is 1. The molecule has 3 N–H and O–H groups in total. The zero-order valence-electron chi connectivity index (χ0n) is 32.2. The Morgan fingerprint density at radius 2 is 1.32 bits per heavy atom. The number of aryl methyl sites for hydroxylation is 1. The zero-order valence-corrected chi connectivity index (χ0v) is 32.9. The van der Waals surface area contributed by atoms with Crippen molar-refractivity contribution < 1.29 is 33.8 Å². The minimum atomic E-state index is -1.79. The summed E-state index contributed by atoms with van der Waals surface area (Å²) in [6.45, 7) is 11.7. The first-order valence-corrected chi connectivity index (χ1v) is 19.6. The number of aliphatic hydroxyl groups is 1. The fourth-order valence-corrected chi connectivity index (χ4v) is 6.97. The Hall–Kier alpha value is -3.44. The van der Waals surface area contributed by atoms with Crippen LogP contribution in [0.25, 0.3) is 0 Å². The molecular weight excluding hydrogens is 694 g/mol. The van der Waals surface area contributed by atoms with Gasteiger partial charge >= 0.3 is 0 Å². The molecule has 0 saturated carbocycles. The van der Waals surface area contributed by atoms with Gasteiger partial charge in [-0.05, 0) is 62.0 Å². The van der Waals surface area contributed by atoms with E-state index in [-0.39, 0.29) is 61.0 Å². The summed E-state index contributed by atoms with van der Waals surface area (Å²) in [4.78, 5) is 70.9. The first-order chi connectivity index (χ1) is 25.2. The number of hydrogen-bond acceptors (Lipinski definition) is 8. The summed E-state index contributed by atoms with van der Waals surface area (Å²) < 4.78 is 5.41. The molecule has 2 aromatic rings. The molecule has 1 unspecified atom stereocenters. The largest absolute Gasteiger partial charge is 0.381 e. The number of ketones is 3. The Morgan fingerprint density at radius 3 is 1.89 bits per heavy atom. The van der Waals surface area contributed by atoms with Crippen molar-refractivity contribution in [2.45, 2.75) is 97.2 Å². The number of ether oxygens (including phenoxy) is 1. The van der Waals surface area contributed by atoms with Gasteiger partial charge in [-0.3, -0.25) is 28.9 Å². The highest BCUT2D eigenvalue weighted by Crippen LogP contribution is 2.26. The summed E-state index contributed by atoms with van der Waals surface area (Å²) >= 11 is 5.94. The average Bonchev–Trinajstić information content (AvgIpc) is 3.12. The van der Waals surface area contributed by atoms with Crippen LogP contribution >= 0.6 is 11.6 Å². The first-order valence-electron chi connectivity index (χ1n) is 19.0. The van der Waals surface area contributed by atoms with Gasteiger partial charge in [0, 0.05) is 37.8 Å². The summed E-state index contributed by atoms with van der Waals surface area (Å²) in [5.74, 6) is -3.48. The van der Waals surface area contributed by atoms with Gasteiger partial charge < -0.3 is 20.5 Å². The van der Waals surface area contributed by atoms with Crippen LogP contribution in [0.3, 0.4) is 0 Å². The van der Waals surface area contributed by atoms with Crippen LogP contribution < -0.4 is 10.6 Å². The molecule has 0 bridgehead atoms. The van der Waals surface area contributed by atoms with E-state index in [4.69, 9.17) is 16.3 Å². The maximum Gasteiger partial charge on any atom is 0.234 e. The standard InChI is InChI=1S/C42H60ClN3O7/c1-29(2)22-33(40(50)42(5,52)28-43)25-38(48)36(24-32-14-10-7-11-15-32)45-41(51)34(23-30(3)4)26-37(47)35(17-16-31-12-8-6-9-13-31)44-39(49)27-46-18-20-53-21-19-46/h6-15,29-30,33-36,52H,16-28H2,1-5H3,(H,44,49)(H,45,51)/t33-,34-,35+,36+,42?/m1/s1. The summed E-state index contributed by atoms with van der Waals surface area (Å²) in [6.07, 6.45) is 1.61. The fraction of sp³-hybridized carbons (Fsp3) is 0.595. The van der Waals surface area contributed by atoms with E-state index in [9.17, 15) is 29.1 Å². The minimum Gasteiger partial charge on any atom is -0.381 e. The molecule has 0 radical (unpaired) electrons. The Kier molecular flexibility index (Phi) is 18.3. The van der Waals surface area contributed by atoms with Gasteiger partial charge in [-0.25, -0.2) is 0 Å². The van der Waals surface area contributed by atoms with Gasteiger partial charge in [0.1, 0.15) is 5.60 Å². The molecule has 1 heterocycles. The van der Waals surface area contributed by atoms with Crippen LogP contribution in [0.4, 0.5) is 0 Å². The third-order valence-electron chi connectivity index (χ3n) is 9.69. The molecule has 1 saturated heterocycles. The molecule has 1 aliphatic heterocycles. The molecule has 11 heteroatoms. The Bertz CT molecular complexity index is 1460. The van der Waals surface area contributed by atoms with E-state index in [1.54, 1.807) is 0 Å². The van der Waals surface area contributed by atoms with Crippen molar-refractivity contribution in [2.75, 3.05) is 38.7 Å². The lowest BCUT2D eigenvalue weighted by atomic mass is 9.81. The van der Waals surface area contributed by atoms with Gasteiger partial charge in [0.15, 0.2) is 17.3 Å². The van der Waals surface area contributed by atoms with Crippen molar-refractivity contribution >= 4 is 40.8 Å². The average molecular weight is 754 g/mol. The maximum absolute atomic E-state index is 14.2. The van der Waals surface area contributed by atoms with E-state index in [1.165, 1.54) is 6.92 Å². The van der Waals surface area contributed by atoms with Crippen LogP contribution in [0.2, 0.25) is 0 Å². The molecule has 292 valence electrons. The van der Waals surface area contributed by atoms with E-state index < -0.39 is 41.2 Å². The molecule has 1 aliphatic rings. The highest BCUT2D eigenvalue weighted by atomic mass is 35.5. The number of rotatable bonds is 23. The van der Waals surface area contributed by atoms with Crippen LogP contribution in [-0.4, -0.2) is 95.6 Å². The number of carbonyl (C=O) groups is 5. The summed E-state index contributed by atoms with van der Waals surface area (Å²) in [5, 5.41) is 16.6. The molecule has 1 fully saturated rings. The first kappa shape index (κ1) is 44.0. The number of morpholine rings is 1. The van der Waals surface area contributed by atoms with Crippen LogP contribution in [0.5, 0.6) is 0 Å². The predicted molar refractivity (Wildman–Crippen MR) is 208 cm³/mol. The van der Waals surface area contributed by atoms with Crippen molar-refractivity contribution in [1.82, 2.24) is 15.5 Å². The van der Waals surface area contributed by atoms with Gasteiger partial charge in [0.2, 0.25) is 11.8 Å². The van der Waals surface area contributed by atoms with Crippen molar-refractivity contribution in [1.29, 1.82) is 0 Å². The zero-order chi connectivity index (χ0) is 39.0. The smallest absolute Gasteiger partial charge is 0.234 e. The Morgan fingerprint density at radius 1 is 0.792 bits per heavy atom. The topological polar surface area (TPSA) is 142 Å². The lowest BCUT2D eigenvalue weighted by Gasteiger charge is -2.29. The Labute approximate surface area is 320 Å². The van der Waals surface area contributed by atoms with Crippen LogP contribution in [-0.2, 0) is 41.6 Å². The van der Waals surface area contributed by atoms with Crippen molar-refractivity contribution in [3.8, 4) is 0 Å². The molecule has 2 amide bonds. The van der Waals surface area contributed by atoms with Gasteiger partial charge in [-0.2, -0.15) is 0 Å². The number of halogens is 1. The molecule has 0 aromatic heterocycles. The minimum absolute atomic E-state index is 0.0614. The molecule has 5 atom stereocenters. The molecule has 0 aliphatic carbocycles. The Balaban J connectivity index is 1.84. The second kappa shape index (κ2) is 22.1. The van der Waals surface area contributed by atoms with Gasteiger partial charge in [-0.1, -0.05) is 88.4 Å². The van der Waals surface area contributed by atoms with E-state index in [0.29, 0.717) is 52.0 Å². The quantitative estimate of drug-likeness (QED) is 0.135. The molecule has 53 heavy (non-hydrogen) atoms. The number of benzene rings is 2. The fourth-order valence-electron chi connectivity index (χ4n) is 6.84. The molecular formula is C42H60ClN3O7. The monoisotopic (exact) mass is 753 g/mol. The lowest BCUT2D eigenvalue weighted by molar-refractivity contribution is -0.141. The van der Waals surface area contributed by atoms with E-state index in [2.05, 4.69) is 10.6 Å². The number of carbonyl (C=O) groups excluding carboxylic acids is 5. The number of hydrogen-bond donors (Lipinski definition) is 3. The lowest BCUT2D eigenvalue weighted by Crippen LogP contribution is -2.50. The number of Topliss-reactive ketones (excluding diaryl/α,β-unsaturated/α-hetero) is 3. The summed E-state index contributed by atoms with van der Waals surface area (Å²) in [7, 11) is 0. The van der Waals surface area contributed by atoms with Crippen LogP contribution in [0.1, 0.15) is 77.8 Å². The number of nitrogens with one attached hydrogen (secondary N) is 2. The van der Waals surface area contributed by atoms with E-state index in [0.717, 1.165) is 11.1 Å². The number of alkyl halides is 1. The van der Waals surface area contributed by atoms with Crippen molar-refractivity contribution in [2.24, 2.45) is 23.7 Å². The highest BCUT2D eigenvalue weighted by molar-refractivity contribution is 6.20. The van der Waals surface area contributed by atoms with E-state index >= 15 is 0 Å². The van der Waals surface area contributed by atoms with E-state index in [1.807, 2.05) is 93.3 Å².